The first-order valence-corrected chi connectivity index (χ1v) is 5.90. The van der Waals surface area contributed by atoms with Gasteiger partial charge >= 0.3 is 0 Å². The number of halogens is 1. The summed E-state index contributed by atoms with van der Waals surface area (Å²) < 4.78 is 5.27. The van der Waals surface area contributed by atoms with Crippen LogP contribution in [0, 0.1) is 0 Å². The molecule has 19 heavy (non-hydrogen) atoms. The van der Waals surface area contributed by atoms with E-state index in [2.05, 4.69) is 10.5 Å². The third-order valence-corrected chi connectivity index (χ3v) is 2.60. The predicted molar refractivity (Wildman–Crippen MR) is 72.6 cm³/mol. The van der Waals surface area contributed by atoms with E-state index in [0.29, 0.717) is 10.8 Å². The number of nitrogens with two attached hydrogens (primary N) is 1. The van der Waals surface area contributed by atoms with Crippen molar-refractivity contribution in [2.24, 2.45) is 10.9 Å². The molecule has 0 spiro atoms. The highest BCUT2D eigenvalue weighted by atomic mass is 35.5. The number of carbonyl (C=O) groups excluding carboxylic acids is 1. The molecular formula is C12H16ClN3O3. The summed E-state index contributed by atoms with van der Waals surface area (Å²) in [4.78, 5) is 11.7. The van der Waals surface area contributed by atoms with Gasteiger partial charge in [-0.3, -0.25) is 4.79 Å². The Morgan fingerprint density at radius 2 is 2.26 bits per heavy atom. The van der Waals surface area contributed by atoms with E-state index in [9.17, 15) is 4.79 Å². The summed E-state index contributed by atoms with van der Waals surface area (Å²) in [6, 6.07) is 6.71. The fraction of sp³-hybridized carbons (Fsp3) is 0.333. The first-order valence-electron chi connectivity index (χ1n) is 5.52. The van der Waals surface area contributed by atoms with E-state index in [0.717, 1.165) is 0 Å². The molecule has 6 nitrogen and oxygen atoms in total. The lowest BCUT2D eigenvalue weighted by atomic mass is 10.0. The summed E-state index contributed by atoms with van der Waals surface area (Å²) in [5.41, 5.74) is 4.50. The second kappa shape index (κ2) is 6.29. The molecule has 0 aliphatic heterocycles. The van der Waals surface area contributed by atoms with Gasteiger partial charge in [-0.2, -0.15) is 0 Å². The fourth-order valence-corrected chi connectivity index (χ4v) is 1.46. The minimum absolute atomic E-state index is 0.0939. The quantitative estimate of drug-likeness (QED) is 0.329. The standard InChI is InChI=1S/C12H16ClN3O3/c1-12(2,11(14)16-18)15-10(17)7-19-9-5-3-4-8(13)6-9/h3-6,18H,7H2,1-2H3,(H2,14,16)(H,15,17). The number of amides is 1. The highest BCUT2D eigenvalue weighted by Gasteiger charge is 2.25. The summed E-state index contributed by atoms with van der Waals surface area (Å²) in [5.74, 6) is 0.00411. The largest absolute Gasteiger partial charge is 0.484 e. The van der Waals surface area contributed by atoms with Gasteiger partial charge in [-0.25, -0.2) is 0 Å². The molecule has 0 fully saturated rings. The lowest BCUT2D eigenvalue weighted by Crippen LogP contribution is -2.54. The Kier molecular flexibility index (Phi) is 5.00. The molecule has 7 heteroatoms. The number of oxime groups is 1. The minimum Gasteiger partial charge on any atom is -0.484 e. The van der Waals surface area contributed by atoms with Gasteiger partial charge in [0.15, 0.2) is 12.4 Å². The predicted octanol–water partition coefficient (Wildman–Crippen LogP) is 1.36. The van der Waals surface area contributed by atoms with Crippen molar-refractivity contribution in [3.8, 4) is 5.75 Å². The van der Waals surface area contributed by atoms with Crippen LogP contribution in [-0.4, -0.2) is 29.1 Å². The fourth-order valence-electron chi connectivity index (χ4n) is 1.28. The number of amidine groups is 1. The molecular weight excluding hydrogens is 270 g/mol. The summed E-state index contributed by atoms with van der Waals surface area (Å²) in [7, 11) is 0. The van der Waals surface area contributed by atoms with Gasteiger partial charge in [0.05, 0.1) is 5.54 Å². The Morgan fingerprint density at radius 1 is 1.58 bits per heavy atom. The molecule has 0 aromatic heterocycles. The van der Waals surface area contributed by atoms with Crippen LogP contribution in [0.3, 0.4) is 0 Å². The highest BCUT2D eigenvalue weighted by molar-refractivity contribution is 6.30. The Bertz CT molecular complexity index is 489. The van der Waals surface area contributed by atoms with Crippen LogP contribution >= 0.6 is 11.6 Å². The molecule has 0 heterocycles. The van der Waals surface area contributed by atoms with Crippen LogP contribution in [0.4, 0.5) is 0 Å². The monoisotopic (exact) mass is 285 g/mol. The van der Waals surface area contributed by atoms with Gasteiger partial charge in [0, 0.05) is 5.02 Å². The van der Waals surface area contributed by atoms with E-state index in [1.54, 1.807) is 38.1 Å². The lowest BCUT2D eigenvalue weighted by Gasteiger charge is -2.24. The van der Waals surface area contributed by atoms with Crippen molar-refractivity contribution in [3.63, 3.8) is 0 Å². The average molecular weight is 286 g/mol. The SMILES string of the molecule is CC(C)(NC(=O)COc1cccc(Cl)c1)C(N)=NO. The van der Waals surface area contributed by atoms with Crippen molar-refractivity contribution < 1.29 is 14.7 Å². The maximum atomic E-state index is 11.7. The van der Waals surface area contributed by atoms with Crippen LogP contribution in [0.25, 0.3) is 0 Å². The summed E-state index contributed by atoms with van der Waals surface area (Å²) >= 11 is 5.79. The summed E-state index contributed by atoms with van der Waals surface area (Å²) in [6.07, 6.45) is 0. The van der Waals surface area contributed by atoms with Crippen molar-refractivity contribution in [2.75, 3.05) is 6.61 Å². The Labute approximate surface area is 116 Å². The molecule has 1 rings (SSSR count). The number of ether oxygens (including phenoxy) is 1. The van der Waals surface area contributed by atoms with Crippen molar-refractivity contribution in [2.45, 2.75) is 19.4 Å². The van der Waals surface area contributed by atoms with Crippen LogP contribution in [-0.2, 0) is 4.79 Å². The van der Waals surface area contributed by atoms with E-state index in [1.807, 2.05) is 0 Å². The molecule has 104 valence electrons. The maximum Gasteiger partial charge on any atom is 0.258 e. The number of hydrogen-bond donors (Lipinski definition) is 3. The van der Waals surface area contributed by atoms with Gasteiger partial charge < -0.3 is 21.0 Å². The minimum atomic E-state index is -0.955. The van der Waals surface area contributed by atoms with Crippen molar-refractivity contribution in [1.82, 2.24) is 5.32 Å². The second-order valence-corrected chi connectivity index (χ2v) is 4.84. The van der Waals surface area contributed by atoms with Gasteiger partial charge in [-0.05, 0) is 32.0 Å². The molecule has 0 aliphatic rings. The number of carbonyl (C=O) groups is 1. The number of nitrogens with zero attached hydrogens (tertiary/aromatic N) is 1. The molecule has 0 atom stereocenters. The summed E-state index contributed by atoms with van der Waals surface area (Å²) in [6.45, 7) is 3.03. The Morgan fingerprint density at radius 3 is 2.84 bits per heavy atom. The van der Waals surface area contributed by atoms with E-state index in [1.165, 1.54) is 0 Å². The van der Waals surface area contributed by atoms with Gasteiger partial charge in [0.2, 0.25) is 0 Å². The third kappa shape index (κ3) is 4.67. The number of nitrogens with one attached hydrogen (secondary N) is 1. The molecule has 0 saturated heterocycles. The van der Waals surface area contributed by atoms with Crippen LogP contribution in [0.1, 0.15) is 13.8 Å². The van der Waals surface area contributed by atoms with E-state index in [4.69, 9.17) is 27.3 Å². The van der Waals surface area contributed by atoms with E-state index in [-0.39, 0.29) is 12.4 Å². The zero-order valence-electron chi connectivity index (χ0n) is 10.7. The van der Waals surface area contributed by atoms with Crippen LogP contribution in [0.15, 0.2) is 29.4 Å². The van der Waals surface area contributed by atoms with Gasteiger partial charge in [-0.1, -0.05) is 22.8 Å². The molecule has 0 unspecified atom stereocenters. The molecule has 0 saturated carbocycles. The average Bonchev–Trinajstić information content (AvgIpc) is 2.35. The van der Waals surface area contributed by atoms with Crippen LogP contribution in [0.5, 0.6) is 5.75 Å². The molecule has 1 aromatic carbocycles. The molecule has 4 N–H and O–H groups in total. The van der Waals surface area contributed by atoms with Gasteiger partial charge in [0.25, 0.3) is 5.91 Å². The van der Waals surface area contributed by atoms with Crippen LogP contribution in [0.2, 0.25) is 5.02 Å². The smallest absolute Gasteiger partial charge is 0.258 e. The van der Waals surface area contributed by atoms with Crippen molar-refractivity contribution in [3.05, 3.63) is 29.3 Å². The highest BCUT2D eigenvalue weighted by Crippen LogP contribution is 2.16. The lowest BCUT2D eigenvalue weighted by molar-refractivity contribution is -0.124. The number of benzene rings is 1. The molecule has 0 radical (unpaired) electrons. The second-order valence-electron chi connectivity index (χ2n) is 4.40. The molecule has 1 amide bonds. The molecule has 1 aromatic rings. The number of rotatable bonds is 5. The maximum absolute atomic E-state index is 11.7. The first-order chi connectivity index (χ1) is 8.85. The normalized spacial score (nSPS) is 12.1. The zero-order valence-corrected chi connectivity index (χ0v) is 11.4. The van der Waals surface area contributed by atoms with Gasteiger partial charge in [-0.15, -0.1) is 0 Å². The zero-order chi connectivity index (χ0) is 14.5. The molecule has 0 aliphatic carbocycles. The topological polar surface area (TPSA) is 96.9 Å². The first kappa shape index (κ1) is 15.1. The van der Waals surface area contributed by atoms with Gasteiger partial charge in [0.1, 0.15) is 5.75 Å². The van der Waals surface area contributed by atoms with Crippen LogP contribution < -0.4 is 15.8 Å². The Hall–Kier alpha value is -1.95. The van der Waals surface area contributed by atoms with E-state index >= 15 is 0 Å². The number of hydrogen-bond acceptors (Lipinski definition) is 4. The Balaban J connectivity index is 2.53. The van der Waals surface area contributed by atoms with Crippen molar-refractivity contribution in [1.29, 1.82) is 0 Å². The molecule has 0 bridgehead atoms. The van der Waals surface area contributed by atoms with Crippen molar-refractivity contribution >= 4 is 23.3 Å². The summed E-state index contributed by atoms with van der Waals surface area (Å²) in [5, 5.41) is 14.6. The third-order valence-electron chi connectivity index (χ3n) is 2.37. The van der Waals surface area contributed by atoms with E-state index < -0.39 is 11.4 Å².